The first-order valence-corrected chi connectivity index (χ1v) is 12.3. The Morgan fingerprint density at radius 2 is 1.65 bits per heavy atom. The first-order valence-electron chi connectivity index (χ1n) is 12.3. The Hall–Kier alpha value is -4.76. The van der Waals surface area contributed by atoms with Crippen LogP contribution in [0.2, 0.25) is 0 Å². The minimum absolute atomic E-state index is 0.540. The summed E-state index contributed by atoms with van der Waals surface area (Å²) in [7, 11) is 1.95. The van der Waals surface area contributed by atoms with E-state index in [-0.39, 0.29) is 0 Å². The molecule has 0 spiro atoms. The minimum Gasteiger partial charge on any atom is -0.268 e. The summed E-state index contributed by atoms with van der Waals surface area (Å²) in [5.41, 5.74) is 7.61. The highest BCUT2D eigenvalue weighted by Gasteiger charge is 2.21. The average molecular weight is 483 g/mol. The maximum absolute atomic E-state index is 9.51. The van der Waals surface area contributed by atoms with Crippen LogP contribution < -0.4 is 0 Å². The van der Waals surface area contributed by atoms with Crippen molar-refractivity contribution in [2.24, 2.45) is 7.05 Å². The molecule has 0 unspecified atom stereocenters. The first kappa shape index (κ1) is 22.7. The zero-order valence-corrected chi connectivity index (χ0v) is 21.1. The van der Waals surface area contributed by atoms with Crippen molar-refractivity contribution in [2.75, 3.05) is 0 Å². The lowest BCUT2D eigenvalue weighted by Crippen LogP contribution is -2.13. The number of nitriles is 1. The highest BCUT2D eigenvalue weighted by Crippen LogP contribution is 2.35. The Labute approximate surface area is 215 Å². The predicted molar refractivity (Wildman–Crippen MR) is 147 cm³/mol. The van der Waals surface area contributed by atoms with Crippen LogP contribution in [0.25, 0.3) is 44.2 Å². The van der Waals surface area contributed by atoms with Gasteiger partial charge in [0.25, 0.3) is 0 Å². The lowest BCUT2D eigenvalue weighted by atomic mass is 9.86. The van der Waals surface area contributed by atoms with Crippen LogP contribution in [0.5, 0.6) is 0 Å². The Morgan fingerprint density at radius 1 is 0.892 bits per heavy atom. The van der Waals surface area contributed by atoms with Crippen molar-refractivity contribution >= 4 is 21.8 Å². The lowest BCUT2D eigenvalue weighted by molar-refractivity contribution is 0.687. The maximum atomic E-state index is 9.51. The van der Waals surface area contributed by atoms with Crippen LogP contribution in [0.15, 0.2) is 91.4 Å². The molecule has 3 aromatic carbocycles. The van der Waals surface area contributed by atoms with E-state index in [1.807, 2.05) is 73.0 Å². The standard InChI is InChI=1S/C31H26N6/c1-31(2,20-32)25-12-9-22(10-13-25)30-29-26-15-23(11-14-27(26)33-17-28(29)36(3)35-30)24-16-34-37(19-24)18-21-7-5-4-6-8-21/h4-17,19H,18H2,1-3H3. The van der Waals surface area contributed by atoms with E-state index in [9.17, 15) is 5.26 Å². The van der Waals surface area contributed by atoms with E-state index >= 15 is 0 Å². The summed E-state index contributed by atoms with van der Waals surface area (Å²) in [6, 6.07) is 27.2. The first-order chi connectivity index (χ1) is 17.9. The minimum atomic E-state index is -0.540. The third kappa shape index (κ3) is 4.05. The van der Waals surface area contributed by atoms with Gasteiger partial charge in [0.05, 0.1) is 41.5 Å². The van der Waals surface area contributed by atoms with Gasteiger partial charge in [-0.05, 0) is 42.7 Å². The van der Waals surface area contributed by atoms with E-state index in [1.165, 1.54) is 5.56 Å². The third-order valence-corrected chi connectivity index (χ3v) is 7.00. The second-order valence-corrected chi connectivity index (χ2v) is 9.95. The van der Waals surface area contributed by atoms with Gasteiger partial charge in [0.2, 0.25) is 0 Å². The molecular formula is C31H26N6. The smallest absolute Gasteiger partial charge is 0.101 e. The van der Waals surface area contributed by atoms with Gasteiger partial charge < -0.3 is 0 Å². The van der Waals surface area contributed by atoms with Crippen molar-refractivity contribution in [3.8, 4) is 28.5 Å². The summed E-state index contributed by atoms with van der Waals surface area (Å²) >= 11 is 0. The number of hydrogen-bond donors (Lipinski definition) is 0. The van der Waals surface area contributed by atoms with Crippen molar-refractivity contribution in [3.05, 3.63) is 103 Å². The van der Waals surface area contributed by atoms with E-state index in [4.69, 9.17) is 10.1 Å². The van der Waals surface area contributed by atoms with E-state index in [0.717, 1.165) is 56.3 Å². The zero-order valence-electron chi connectivity index (χ0n) is 21.1. The van der Waals surface area contributed by atoms with Gasteiger partial charge in [0, 0.05) is 35.1 Å². The summed E-state index contributed by atoms with van der Waals surface area (Å²) in [4.78, 5) is 4.71. The third-order valence-electron chi connectivity index (χ3n) is 7.00. The molecule has 0 atom stereocenters. The molecule has 180 valence electrons. The molecule has 0 saturated carbocycles. The number of nitrogens with zero attached hydrogens (tertiary/aromatic N) is 6. The molecule has 6 aromatic rings. The summed E-state index contributed by atoms with van der Waals surface area (Å²) < 4.78 is 3.85. The molecule has 0 aliphatic carbocycles. The van der Waals surface area contributed by atoms with Gasteiger partial charge >= 0.3 is 0 Å². The molecule has 37 heavy (non-hydrogen) atoms. The molecule has 0 radical (unpaired) electrons. The second kappa shape index (κ2) is 8.72. The summed E-state index contributed by atoms with van der Waals surface area (Å²) in [5.74, 6) is 0. The predicted octanol–water partition coefficient (Wildman–Crippen LogP) is 6.50. The molecule has 6 nitrogen and oxygen atoms in total. The molecule has 0 fully saturated rings. The van der Waals surface area contributed by atoms with Gasteiger partial charge in [0.1, 0.15) is 5.69 Å². The molecule has 0 amide bonds. The molecule has 0 aliphatic heterocycles. The van der Waals surface area contributed by atoms with Crippen molar-refractivity contribution in [2.45, 2.75) is 25.8 Å². The maximum Gasteiger partial charge on any atom is 0.101 e. The fourth-order valence-electron chi connectivity index (χ4n) is 4.79. The van der Waals surface area contributed by atoms with Crippen LogP contribution in [-0.4, -0.2) is 24.5 Å². The normalized spacial score (nSPS) is 11.7. The van der Waals surface area contributed by atoms with Gasteiger partial charge in [-0.3, -0.25) is 14.3 Å². The Bertz CT molecular complexity index is 1780. The van der Waals surface area contributed by atoms with E-state index in [1.54, 1.807) is 0 Å². The Morgan fingerprint density at radius 3 is 2.41 bits per heavy atom. The van der Waals surface area contributed by atoms with Gasteiger partial charge in [-0.15, -0.1) is 0 Å². The second-order valence-electron chi connectivity index (χ2n) is 9.95. The van der Waals surface area contributed by atoms with Crippen LogP contribution in [0.3, 0.4) is 0 Å². The highest BCUT2D eigenvalue weighted by molar-refractivity contribution is 6.12. The van der Waals surface area contributed by atoms with Crippen LogP contribution in [0.4, 0.5) is 0 Å². The number of pyridine rings is 1. The van der Waals surface area contributed by atoms with Crippen molar-refractivity contribution in [1.82, 2.24) is 24.5 Å². The van der Waals surface area contributed by atoms with Gasteiger partial charge in [-0.25, -0.2) is 0 Å². The monoisotopic (exact) mass is 482 g/mol. The molecule has 3 aromatic heterocycles. The highest BCUT2D eigenvalue weighted by atomic mass is 15.3. The van der Waals surface area contributed by atoms with E-state index in [0.29, 0.717) is 0 Å². The largest absolute Gasteiger partial charge is 0.268 e. The quantitative estimate of drug-likeness (QED) is 0.281. The van der Waals surface area contributed by atoms with Crippen molar-refractivity contribution in [3.63, 3.8) is 0 Å². The summed E-state index contributed by atoms with van der Waals surface area (Å²) in [6.07, 6.45) is 5.89. The van der Waals surface area contributed by atoms with E-state index in [2.05, 4.69) is 59.8 Å². The van der Waals surface area contributed by atoms with Crippen molar-refractivity contribution < 1.29 is 0 Å². The summed E-state index contributed by atoms with van der Waals surface area (Å²) in [6.45, 7) is 4.59. The topological polar surface area (TPSA) is 72.3 Å². The molecular weight excluding hydrogens is 456 g/mol. The van der Waals surface area contributed by atoms with Crippen LogP contribution in [0.1, 0.15) is 25.0 Å². The number of aryl methyl sites for hydroxylation is 1. The molecule has 0 N–H and O–H groups in total. The molecule has 3 heterocycles. The fourth-order valence-corrected chi connectivity index (χ4v) is 4.79. The van der Waals surface area contributed by atoms with Gasteiger partial charge in [-0.2, -0.15) is 15.5 Å². The van der Waals surface area contributed by atoms with Crippen molar-refractivity contribution in [1.29, 1.82) is 5.26 Å². The number of rotatable bonds is 5. The number of hydrogen-bond acceptors (Lipinski definition) is 4. The lowest BCUT2D eigenvalue weighted by Gasteiger charge is -2.15. The van der Waals surface area contributed by atoms with Crippen LogP contribution in [-0.2, 0) is 19.0 Å². The van der Waals surface area contributed by atoms with Crippen LogP contribution >= 0.6 is 0 Å². The molecule has 0 aliphatic rings. The van der Waals surface area contributed by atoms with Gasteiger partial charge in [0.15, 0.2) is 0 Å². The molecule has 6 rings (SSSR count). The molecule has 0 bridgehead atoms. The molecule has 6 heteroatoms. The average Bonchev–Trinajstić information content (AvgIpc) is 3.53. The van der Waals surface area contributed by atoms with E-state index < -0.39 is 5.41 Å². The molecule has 0 saturated heterocycles. The van der Waals surface area contributed by atoms with Gasteiger partial charge in [-0.1, -0.05) is 60.7 Å². The Balaban J connectivity index is 1.44. The SMILES string of the molecule is Cn1nc(-c2ccc(C(C)(C)C#N)cc2)c2c3cc(-c4cnn(Cc5ccccc5)c4)ccc3ncc21. The zero-order chi connectivity index (χ0) is 25.6. The Kier molecular flexibility index (Phi) is 5.35. The number of aromatic nitrogens is 5. The number of benzene rings is 3. The van der Waals surface area contributed by atoms with Crippen LogP contribution in [0, 0.1) is 11.3 Å². The fraction of sp³-hybridized carbons (Fsp3) is 0.161. The number of fused-ring (bicyclic) bond motifs is 3. The summed E-state index contributed by atoms with van der Waals surface area (Å²) in [5, 5.41) is 21.1.